The zero-order valence-electron chi connectivity index (χ0n) is 18.8. The fourth-order valence-electron chi connectivity index (χ4n) is 4.09. The van der Waals surface area contributed by atoms with Crippen LogP contribution in [0, 0.1) is 19.7 Å². The Bertz CT molecular complexity index is 1220. The van der Waals surface area contributed by atoms with Gasteiger partial charge in [-0.25, -0.2) is 14.2 Å². The summed E-state index contributed by atoms with van der Waals surface area (Å²) in [6.45, 7) is 14.3. The smallest absolute Gasteiger partial charge is 0.347 e. The van der Waals surface area contributed by atoms with Gasteiger partial charge in [0.05, 0.1) is 11.4 Å². The molecule has 0 saturated carbocycles. The molecule has 1 aromatic carbocycles. The van der Waals surface area contributed by atoms with Gasteiger partial charge in [-0.2, -0.15) is 5.10 Å². The van der Waals surface area contributed by atoms with Crippen molar-refractivity contribution in [2.75, 3.05) is 0 Å². The molecule has 3 aromatic rings. The van der Waals surface area contributed by atoms with Gasteiger partial charge in [0.25, 0.3) is 0 Å². The number of ether oxygens (including phenoxy) is 1. The van der Waals surface area contributed by atoms with Crippen LogP contribution in [0.5, 0.6) is 5.75 Å². The monoisotopic (exact) mass is 421 g/mol. The zero-order valence-corrected chi connectivity index (χ0v) is 18.8. The number of fused-ring (bicyclic) bond motifs is 2. The molecule has 0 radical (unpaired) electrons. The third-order valence-electron chi connectivity index (χ3n) is 6.05. The first-order chi connectivity index (χ1) is 14.6. The van der Waals surface area contributed by atoms with E-state index in [2.05, 4.69) is 16.7 Å². The minimum Gasteiger partial charge on any atom is -0.422 e. The van der Waals surface area contributed by atoms with Crippen LogP contribution in [0.1, 0.15) is 72.2 Å². The fraction of sp³-hybridized carbons (Fsp3) is 0.400. The molecule has 2 aromatic heterocycles. The van der Waals surface area contributed by atoms with Gasteiger partial charge in [0, 0.05) is 23.2 Å². The van der Waals surface area contributed by atoms with Gasteiger partial charge in [0.2, 0.25) is 0 Å². The lowest BCUT2D eigenvalue weighted by Crippen LogP contribution is -2.17. The molecule has 0 spiro atoms. The molecule has 31 heavy (non-hydrogen) atoms. The third-order valence-corrected chi connectivity index (χ3v) is 6.05. The molecule has 162 valence electrons. The predicted octanol–water partition coefficient (Wildman–Crippen LogP) is 5.68. The number of carbonyl (C=O) groups excluding carboxylic acids is 1. The van der Waals surface area contributed by atoms with E-state index in [-0.39, 0.29) is 10.9 Å². The summed E-state index contributed by atoms with van der Waals surface area (Å²) in [5.74, 6) is -0.560. The van der Waals surface area contributed by atoms with Gasteiger partial charge in [-0.15, -0.1) is 0 Å². The summed E-state index contributed by atoms with van der Waals surface area (Å²) < 4.78 is 22.8. The maximum atomic E-state index is 15.0. The van der Waals surface area contributed by atoms with E-state index in [4.69, 9.17) is 4.74 Å². The molecule has 0 unspecified atom stereocenters. The highest BCUT2D eigenvalue weighted by atomic mass is 19.1. The molecule has 0 fully saturated rings. The number of aryl methyl sites for hydroxylation is 2. The Labute approximate surface area is 181 Å². The number of hydrogen-bond acceptors (Lipinski definition) is 4. The number of benzene rings is 1. The highest BCUT2D eigenvalue weighted by molar-refractivity contribution is 5.98. The quantitative estimate of drug-likeness (QED) is 0.510. The van der Waals surface area contributed by atoms with Crippen molar-refractivity contribution in [1.82, 2.24) is 14.8 Å². The second kappa shape index (κ2) is 7.59. The Morgan fingerprint density at radius 1 is 1.26 bits per heavy atom. The van der Waals surface area contributed by atoms with Crippen molar-refractivity contribution in [3.05, 3.63) is 58.3 Å². The summed E-state index contributed by atoms with van der Waals surface area (Å²) >= 11 is 0. The molecule has 0 atom stereocenters. The average molecular weight is 422 g/mol. The first kappa shape index (κ1) is 21.2. The Kier molecular flexibility index (Phi) is 5.20. The molecular weight excluding hydrogens is 393 g/mol. The average Bonchev–Trinajstić information content (AvgIpc) is 3.10. The molecule has 4 rings (SSSR count). The van der Waals surface area contributed by atoms with Gasteiger partial charge in [-0.1, -0.05) is 27.4 Å². The fourth-order valence-corrected chi connectivity index (χ4v) is 4.09. The van der Waals surface area contributed by atoms with Gasteiger partial charge in [-0.05, 0) is 62.3 Å². The first-order valence-electron chi connectivity index (χ1n) is 10.7. The Morgan fingerprint density at radius 3 is 2.68 bits per heavy atom. The van der Waals surface area contributed by atoms with Gasteiger partial charge in [0.1, 0.15) is 22.6 Å². The maximum Gasteiger partial charge on any atom is 0.347 e. The summed E-state index contributed by atoms with van der Waals surface area (Å²) in [6, 6.07) is 3.39. The number of hydrogen-bond donors (Lipinski definition) is 0. The lowest BCUT2D eigenvalue weighted by Gasteiger charge is -2.21. The maximum absolute atomic E-state index is 15.0. The summed E-state index contributed by atoms with van der Waals surface area (Å²) in [6.07, 6.45) is 4.38. The van der Waals surface area contributed by atoms with Crippen LogP contribution >= 0.6 is 0 Å². The number of aromatic nitrogens is 3. The Hall–Kier alpha value is -3.02. The number of pyridine rings is 1. The number of nitrogens with zero attached hydrogens (tertiary/aromatic N) is 3. The SMILES string of the molecule is C=Cc1nn2c(c1C(=O)Oc1c(C)c(C)nc3c(F)cc(C(C)(C)C)cc13)CCCC2. The van der Waals surface area contributed by atoms with Crippen molar-refractivity contribution in [3.8, 4) is 5.75 Å². The third kappa shape index (κ3) is 3.64. The highest BCUT2D eigenvalue weighted by Gasteiger charge is 2.28. The summed E-state index contributed by atoms with van der Waals surface area (Å²) in [7, 11) is 0. The van der Waals surface area contributed by atoms with Crippen molar-refractivity contribution in [1.29, 1.82) is 0 Å². The molecule has 0 saturated heterocycles. The van der Waals surface area contributed by atoms with E-state index in [0.29, 0.717) is 33.7 Å². The number of rotatable bonds is 3. The van der Waals surface area contributed by atoms with Crippen LogP contribution in [0.15, 0.2) is 18.7 Å². The lowest BCUT2D eigenvalue weighted by molar-refractivity contribution is 0.0734. The molecular formula is C25H28FN3O2. The van der Waals surface area contributed by atoms with E-state index in [9.17, 15) is 9.18 Å². The highest BCUT2D eigenvalue weighted by Crippen LogP contribution is 2.36. The van der Waals surface area contributed by atoms with Crippen LogP contribution in [0.4, 0.5) is 4.39 Å². The predicted molar refractivity (Wildman–Crippen MR) is 120 cm³/mol. The van der Waals surface area contributed by atoms with Crippen molar-refractivity contribution in [2.24, 2.45) is 0 Å². The van der Waals surface area contributed by atoms with Crippen LogP contribution in [0.3, 0.4) is 0 Å². The molecule has 6 heteroatoms. The normalized spacial score (nSPS) is 13.9. The minimum absolute atomic E-state index is 0.208. The minimum atomic E-state index is -0.491. The van der Waals surface area contributed by atoms with Crippen LogP contribution in [-0.2, 0) is 18.4 Å². The van der Waals surface area contributed by atoms with E-state index < -0.39 is 11.8 Å². The number of esters is 1. The van der Waals surface area contributed by atoms with Gasteiger partial charge in [-0.3, -0.25) is 4.68 Å². The number of halogens is 1. The number of carbonyl (C=O) groups is 1. The van der Waals surface area contributed by atoms with Crippen molar-refractivity contribution < 1.29 is 13.9 Å². The molecule has 0 bridgehead atoms. The van der Waals surface area contributed by atoms with Crippen LogP contribution < -0.4 is 4.74 Å². The van der Waals surface area contributed by atoms with Crippen LogP contribution in [0.25, 0.3) is 17.0 Å². The van der Waals surface area contributed by atoms with E-state index >= 15 is 0 Å². The topological polar surface area (TPSA) is 57.0 Å². The Morgan fingerprint density at radius 2 is 2.00 bits per heavy atom. The lowest BCUT2D eigenvalue weighted by atomic mass is 9.86. The standard InChI is InChI=1S/C25H28FN3O2/c1-7-19-21(20-10-8-9-11-29(20)28-19)24(30)31-23-14(2)15(3)27-22-17(23)12-16(13-18(22)26)25(4,5)6/h7,12-13H,1,8-11H2,2-6H3. The van der Waals surface area contributed by atoms with Crippen molar-refractivity contribution in [3.63, 3.8) is 0 Å². The zero-order chi connectivity index (χ0) is 22.5. The van der Waals surface area contributed by atoms with Gasteiger partial charge in [0.15, 0.2) is 0 Å². The van der Waals surface area contributed by atoms with E-state index in [1.807, 2.05) is 38.4 Å². The van der Waals surface area contributed by atoms with Gasteiger partial charge < -0.3 is 4.74 Å². The van der Waals surface area contributed by atoms with E-state index in [1.165, 1.54) is 6.07 Å². The largest absolute Gasteiger partial charge is 0.422 e. The van der Waals surface area contributed by atoms with Crippen LogP contribution in [0.2, 0.25) is 0 Å². The van der Waals surface area contributed by atoms with Crippen molar-refractivity contribution >= 4 is 22.9 Å². The Balaban J connectivity index is 1.88. The van der Waals surface area contributed by atoms with Gasteiger partial charge >= 0.3 is 5.97 Å². The second-order valence-electron chi connectivity index (χ2n) is 9.24. The van der Waals surface area contributed by atoms with Crippen LogP contribution in [-0.4, -0.2) is 20.7 Å². The van der Waals surface area contributed by atoms with E-state index in [1.54, 1.807) is 13.0 Å². The summed E-state index contributed by atoms with van der Waals surface area (Å²) in [4.78, 5) is 17.8. The first-order valence-corrected chi connectivity index (χ1v) is 10.7. The molecule has 0 N–H and O–H groups in total. The molecule has 1 aliphatic rings. The van der Waals surface area contributed by atoms with E-state index in [0.717, 1.165) is 37.1 Å². The molecule has 3 heterocycles. The van der Waals surface area contributed by atoms with Crippen molar-refractivity contribution in [2.45, 2.75) is 65.8 Å². The molecule has 1 aliphatic heterocycles. The summed E-state index contributed by atoms with van der Waals surface area (Å²) in [5, 5.41) is 5.02. The molecule has 0 amide bonds. The molecule has 5 nitrogen and oxygen atoms in total. The summed E-state index contributed by atoms with van der Waals surface area (Å²) in [5.41, 5.74) is 3.94. The molecule has 0 aliphatic carbocycles. The second-order valence-corrected chi connectivity index (χ2v) is 9.24.